The van der Waals surface area contributed by atoms with Gasteiger partial charge in [0.15, 0.2) is 0 Å². The number of hydrogen-bond donors (Lipinski definition) is 5. The number of aromatic amines is 3. The van der Waals surface area contributed by atoms with Crippen molar-refractivity contribution < 1.29 is 0 Å². The zero-order valence-corrected chi connectivity index (χ0v) is 14.8. The van der Waals surface area contributed by atoms with Crippen molar-refractivity contribution >= 4 is 51.2 Å². The van der Waals surface area contributed by atoms with E-state index in [1.165, 1.54) is 0 Å². The first-order valence-electron chi connectivity index (χ1n) is 8.81. The second-order valence-electron chi connectivity index (χ2n) is 6.60. The van der Waals surface area contributed by atoms with Crippen LogP contribution >= 0.6 is 0 Å². The minimum atomic E-state index is -0.267. The van der Waals surface area contributed by atoms with Crippen LogP contribution in [-0.2, 0) is 0 Å². The molecule has 0 atom stereocenters. The average molecular weight is 367 g/mol. The summed E-state index contributed by atoms with van der Waals surface area (Å²) in [5, 5.41) is 8.14. The summed E-state index contributed by atoms with van der Waals surface area (Å²) in [4.78, 5) is 18.9. The topological polar surface area (TPSA) is 122 Å². The molecule has 7 nitrogen and oxygen atoms in total. The second-order valence-corrected chi connectivity index (χ2v) is 6.60. The number of H-pyrrole nitrogens is 3. The van der Waals surface area contributed by atoms with Crippen molar-refractivity contribution in [3.63, 3.8) is 0 Å². The number of guanidine groups is 1. The Labute approximate surface area is 159 Å². The summed E-state index contributed by atoms with van der Waals surface area (Å²) in [7, 11) is 0. The predicted octanol–water partition coefficient (Wildman–Crippen LogP) is 3.49. The van der Waals surface area contributed by atoms with Crippen LogP contribution in [0.5, 0.6) is 0 Å². The van der Waals surface area contributed by atoms with Crippen LogP contribution in [0.15, 0.2) is 59.6 Å². The van der Waals surface area contributed by atoms with Crippen LogP contribution in [0.4, 0.5) is 0 Å². The summed E-state index contributed by atoms with van der Waals surface area (Å²) in [6.07, 6.45) is 3.79. The van der Waals surface area contributed by atoms with E-state index in [0.29, 0.717) is 11.1 Å². The van der Waals surface area contributed by atoms with Gasteiger partial charge in [0.1, 0.15) is 5.36 Å². The lowest BCUT2D eigenvalue weighted by Crippen LogP contribution is -2.15. The third-order valence-electron chi connectivity index (χ3n) is 4.49. The number of hydrogen-bond acceptors (Lipinski definition) is 2. The monoisotopic (exact) mass is 367 g/mol. The van der Waals surface area contributed by atoms with Crippen LogP contribution in [0.25, 0.3) is 45.3 Å². The lowest BCUT2D eigenvalue weighted by atomic mass is 10.3. The van der Waals surface area contributed by atoms with Gasteiger partial charge in [-0.05, 0) is 66.7 Å². The van der Waals surface area contributed by atoms with Crippen molar-refractivity contribution in [1.82, 2.24) is 19.9 Å². The van der Waals surface area contributed by atoms with Crippen molar-refractivity contribution in [2.75, 3.05) is 0 Å². The van der Waals surface area contributed by atoms with E-state index in [1.54, 1.807) is 0 Å². The third-order valence-corrected chi connectivity index (χ3v) is 4.49. The van der Waals surface area contributed by atoms with E-state index in [4.69, 9.17) is 11.1 Å². The molecule has 4 aromatic rings. The van der Waals surface area contributed by atoms with E-state index in [-0.39, 0.29) is 5.96 Å². The Hall–Kier alpha value is -4.13. The molecule has 28 heavy (non-hydrogen) atoms. The van der Waals surface area contributed by atoms with Crippen LogP contribution in [0, 0.1) is 5.41 Å². The highest BCUT2D eigenvalue weighted by Gasteiger charge is 2.04. The SMILES string of the molecule is N=C(N)N=c1c2nc(cc3ccc(cc4ccc(cc5ccc1[nH]5)[nH]4)[nH]3)C=C2. The molecule has 4 aromatic heterocycles. The Bertz CT molecular complexity index is 1450. The number of fused-ring (bicyclic) bond motifs is 8. The predicted molar refractivity (Wildman–Crippen MR) is 113 cm³/mol. The Morgan fingerprint density at radius 3 is 2.00 bits per heavy atom. The summed E-state index contributed by atoms with van der Waals surface area (Å²) in [6, 6.07) is 18.0. The summed E-state index contributed by atoms with van der Waals surface area (Å²) in [5.41, 5.74) is 12.6. The van der Waals surface area contributed by atoms with Gasteiger partial charge in [0.2, 0.25) is 5.96 Å². The maximum Gasteiger partial charge on any atom is 0.213 e. The fraction of sp³-hybridized carbons (Fsp3) is 0. The molecule has 5 heterocycles. The van der Waals surface area contributed by atoms with Gasteiger partial charge in [-0.25, -0.2) is 9.98 Å². The normalized spacial score (nSPS) is 12.6. The van der Waals surface area contributed by atoms with E-state index in [0.717, 1.165) is 38.8 Å². The quantitative estimate of drug-likeness (QED) is 0.212. The number of nitrogens with two attached hydrogens (primary N) is 1. The maximum atomic E-state index is 7.60. The second kappa shape index (κ2) is 6.24. The fourth-order valence-corrected chi connectivity index (χ4v) is 3.29. The van der Waals surface area contributed by atoms with Gasteiger partial charge in [0.05, 0.1) is 16.9 Å². The summed E-state index contributed by atoms with van der Waals surface area (Å²) in [5.74, 6) is -0.267. The molecular formula is C21H17N7. The zero-order chi connectivity index (χ0) is 19.1. The first kappa shape index (κ1) is 16.1. The summed E-state index contributed by atoms with van der Waals surface area (Å²) >= 11 is 0. The minimum Gasteiger partial charge on any atom is -0.368 e. The van der Waals surface area contributed by atoms with E-state index < -0.39 is 0 Å². The zero-order valence-electron chi connectivity index (χ0n) is 14.8. The smallest absolute Gasteiger partial charge is 0.213 e. The van der Waals surface area contributed by atoms with Crippen molar-refractivity contribution in [1.29, 1.82) is 5.41 Å². The maximum absolute atomic E-state index is 7.60. The Morgan fingerprint density at radius 2 is 1.36 bits per heavy atom. The minimum absolute atomic E-state index is 0.267. The molecule has 1 aliphatic rings. The molecule has 0 spiro atoms. The van der Waals surface area contributed by atoms with E-state index in [1.807, 2.05) is 60.7 Å². The molecule has 136 valence electrons. The molecule has 6 N–H and O–H groups in total. The molecule has 8 bridgehead atoms. The molecule has 0 saturated heterocycles. The first-order valence-corrected chi connectivity index (χ1v) is 8.81. The molecule has 0 saturated carbocycles. The molecule has 0 radical (unpaired) electrons. The summed E-state index contributed by atoms with van der Waals surface area (Å²) < 4.78 is 0. The van der Waals surface area contributed by atoms with E-state index >= 15 is 0 Å². The number of aromatic nitrogens is 4. The standard InChI is InChI=1S/C21H17N7/c22-21(23)28-20-18-7-5-16(26-18)10-14-3-1-12(24-14)9-13-2-4-15(25-13)11-17-6-8-19(20)27-17/h1-11,24-26H,(H3,22,23). The van der Waals surface area contributed by atoms with Gasteiger partial charge >= 0.3 is 0 Å². The van der Waals surface area contributed by atoms with Gasteiger partial charge in [0.25, 0.3) is 0 Å². The Balaban J connectivity index is 1.94. The third kappa shape index (κ3) is 3.05. The van der Waals surface area contributed by atoms with Crippen LogP contribution in [0.3, 0.4) is 0 Å². The molecular weight excluding hydrogens is 350 g/mol. The van der Waals surface area contributed by atoms with Crippen LogP contribution < -0.4 is 11.1 Å². The number of rotatable bonds is 0. The number of nitrogens with one attached hydrogen (secondary N) is 4. The highest BCUT2D eigenvalue weighted by molar-refractivity contribution is 5.79. The van der Waals surface area contributed by atoms with Crippen LogP contribution in [0.1, 0.15) is 11.4 Å². The van der Waals surface area contributed by atoms with Crippen molar-refractivity contribution in [3.8, 4) is 0 Å². The van der Waals surface area contributed by atoms with Crippen molar-refractivity contribution in [2.45, 2.75) is 0 Å². The van der Waals surface area contributed by atoms with Gasteiger partial charge in [-0.2, -0.15) is 0 Å². The largest absolute Gasteiger partial charge is 0.368 e. The van der Waals surface area contributed by atoms with Crippen molar-refractivity contribution in [2.24, 2.45) is 10.7 Å². The molecule has 1 aliphatic heterocycles. The lowest BCUT2D eigenvalue weighted by Gasteiger charge is -1.90. The molecule has 0 aliphatic carbocycles. The molecule has 7 heteroatoms. The highest BCUT2D eigenvalue weighted by atomic mass is 15.0. The van der Waals surface area contributed by atoms with Gasteiger partial charge in [0, 0.05) is 27.6 Å². The average Bonchev–Trinajstić information content (AvgIpc) is 3.43. The fourth-order valence-electron chi connectivity index (χ4n) is 3.29. The molecule has 0 amide bonds. The Kier molecular flexibility index (Phi) is 3.58. The van der Waals surface area contributed by atoms with Gasteiger partial charge in [-0.15, -0.1) is 0 Å². The number of nitrogens with zero attached hydrogens (tertiary/aromatic N) is 2. The Morgan fingerprint density at radius 1 is 0.786 bits per heavy atom. The highest BCUT2D eigenvalue weighted by Crippen LogP contribution is 2.13. The van der Waals surface area contributed by atoms with Gasteiger partial charge in [-0.3, -0.25) is 5.41 Å². The van der Waals surface area contributed by atoms with Gasteiger partial charge in [-0.1, -0.05) is 0 Å². The molecule has 0 fully saturated rings. The van der Waals surface area contributed by atoms with E-state index in [9.17, 15) is 0 Å². The first-order chi connectivity index (χ1) is 13.6. The molecule has 0 aromatic carbocycles. The lowest BCUT2D eigenvalue weighted by molar-refractivity contribution is 1.23. The van der Waals surface area contributed by atoms with Crippen LogP contribution in [0.2, 0.25) is 0 Å². The molecule has 5 rings (SSSR count). The van der Waals surface area contributed by atoms with Gasteiger partial charge < -0.3 is 20.7 Å². The van der Waals surface area contributed by atoms with Crippen LogP contribution in [-0.4, -0.2) is 25.9 Å². The summed E-state index contributed by atoms with van der Waals surface area (Å²) in [6.45, 7) is 0. The van der Waals surface area contributed by atoms with Crippen molar-refractivity contribution in [3.05, 3.63) is 71.3 Å². The molecule has 0 unspecified atom stereocenters. The van der Waals surface area contributed by atoms with E-state index in [2.05, 4.69) is 31.0 Å².